The highest BCUT2D eigenvalue weighted by molar-refractivity contribution is 5.76. The molecular weight excluding hydrogens is 270 g/mol. The SMILES string of the molecule is Cc1ccc(C(Cc2ccc([N+](=O)[O-])cc2)C(=O)O)cc1. The fraction of sp³-hybridized carbons (Fsp3) is 0.188. The van der Waals surface area contributed by atoms with Gasteiger partial charge in [0, 0.05) is 12.1 Å². The number of nitro groups is 1. The number of carbonyl (C=O) groups is 1. The van der Waals surface area contributed by atoms with E-state index < -0.39 is 16.8 Å². The van der Waals surface area contributed by atoms with E-state index in [-0.39, 0.29) is 5.69 Å². The van der Waals surface area contributed by atoms with Gasteiger partial charge in [-0.1, -0.05) is 42.0 Å². The van der Waals surface area contributed by atoms with Gasteiger partial charge in [-0.25, -0.2) is 0 Å². The summed E-state index contributed by atoms with van der Waals surface area (Å²) < 4.78 is 0. The van der Waals surface area contributed by atoms with E-state index in [9.17, 15) is 20.0 Å². The molecule has 0 amide bonds. The number of hydrogen-bond donors (Lipinski definition) is 1. The lowest BCUT2D eigenvalue weighted by Crippen LogP contribution is -2.14. The van der Waals surface area contributed by atoms with E-state index in [1.807, 2.05) is 19.1 Å². The Hall–Kier alpha value is -2.69. The number of carboxylic acid groups (broad SMARTS) is 1. The van der Waals surface area contributed by atoms with Crippen molar-refractivity contribution >= 4 is 11.7 Å². The molecule has 0 aliphatic carbocycles. The Balaban J connectivity index is 2.22. The summed E-state index contributed by atoms with van der Waals surface area (Å²) in [4.78, 5) is 21.6. The summed E-state index contributed by atoms with van der Waals surface area (Å²) in [5, 5.41) is 20.0. The van der Waals surface area contributed by atoms with E-state index >= 15 is 0 Å². The number of nitrogens with zero attached hydrogens (tertiary/aromatic N) is 1. The molecule has 0 saturated carbocycles. The second-order valence-corrected chi connectivity index (χ2v) is 4.93. The minimum Gasteiger partial charge on any atom is -0.481 e. The van der Waals surface area contributed by atoms with Crippen molar-refractivity contribution in [2.24, 2.45) is 0 Å². The lowest BCUT2D eigenvalue weighted by atomic mass is 9.91. The van der Waals surface area contributed by atoms with Crippen LogP contribution in [0.4, 0.5) is 5.69 Å². The predicted octanol–water partition coefficient (Wildman–Crippen LogP) is 3.31. The van der Waals surface area contributed by atoms with Gasteiger partial charge in [0.15, 0.2) is 0 Å². The molecule has 0 fully saturated rings. The van der Waals surface area contributed by atoms with Crippen LogP contribution in [0.3, 0.4) is 0 Å². The van der Waals surface area contributed by atoms with Crippen LogP contribution in [0.1, 0.15) is 22.6 Å². The minimum absolute atomic E-state index is 0.000890. The highest BCUT2D eigenvalue weighted by Gasteiger charge is 2.20. The van der Waals surface area contributed by atoms with Gasteiger partial charge in [-0.2, -0.15) is 0 Å². The van der Waals surface area contributed by atoms with Crippen LogP contribution in [0.25, 0.3) is 0 Å². The van der Waals surface area contributed by atoms with Crippen molar-refractivity contribution in [3.8, 4) is 0 Å². The van der Waals surface area contributed by atoms with Gasteiger partial charge < -0.3 is 5.11 Å². The molecule has 2 rings (SSSR count). The van der Waals surface area contributed by atoms with Gasteiger partial charge in [-0.15, -0.1) is 0 Å². The summed E-state index contributed by atoms with van der Waals surface area (Å²) in [6, 6.07) is 13.3. The fourth-order valence-electron chi connectivity index (χ4n) is 2.14. The molecule has 0 saturated heterocycles. The molecule has 2 aromatic rings. The van der Waals surface area contributed by atoms with Crippen LogP contribution in [0, 0.1) is 17.0 Å². The van der Waals surface area contributed by atoms with Crippen molar-refractivity contribution < 1.29 is 14.8 Å². The quantitative estimate of drug-likeness (QED) is 0.675. The number of benzene rings is 2. The molecule has 1 N–H and O–H groups in total. The first-order chi connectivity index (χ1) is 9.97. The molecular formula is C16H15NO4. The lowest BCUT2D eigenvalue weighted by molar-refractivity contribution is -0.384. The third-order valence-corrected chi connectivity index (χ3v) is 3.36. The van der Waals surface area contributed by atoms with Crippen LogP contribution in [0.5, 0.6) is 0 Å². The van der Waals surface area contributed by atoms with Crippen LogP contribution in [0.15, 0.2) is 48.5 Å². The molecule has 0 heterocycles. The lowest BCUT2D eigenvalue weighted by Gasteiger charge is -2.13. The van der Waals surface area contributed by atoms with E-state index in [0.717, 1.165) is 16.7 Å². The third kappa shape index (κ3) is 3.66. The first-order valence-electron chi connectivity index (χ1n) is 6.50. The molecule has 0 aliphatic heterocycles. The summed E-state index contributed by atoms with van der Waals surface area (Å²) in [5.41, 5.74) is 2.55. The number of aliphatic carboxylic acids is 1. The van der Waals surface area contributed by atoms with Crippen LogP contribution in [0.2, 0.25) is 0 Å². The van der Waals surface area contributed by atoms with Crippen LogP contribution in [-0.4, -0.2) is 16.0 Å². The maximum absolute atomic E-state index is 11.5. The van der Waals surface area contributed by atoms with Crippen LogP contribution >= 0.6 is 0 Å². The normalized spacial score (nSPS) is 11.9. The van der Waals surface area contributed by atoms with E-state index in [2.05, 4.69) is 0 Å². The zero-order valence-corrected chi connectivity index (χ0v) is 11.5. The second kappa shape index (κ2) is 6.17. The third-order valence-electron chi connectivity index (χ3n) is 3.36. The summed E-state index contributed by atoms with van der Waals surface area (Å²) >= 11 is 0. The Morgan fingerprint density at radius 1 is 1.14 bits per heavy atom. The van der Waals surface area contributed by atoms with Gasteiger partial charge in [0.25, 0.3) is 5.69 Å². The summed E-state index contributed by atoms with van der Waals surface area (Å²) in [5.74, 6) is -1.57. The van der Waals surface area contributed by atoms with E-state index in [1.165, 1.54) is 12.1 Å². The number of rotatable bonds is 5. The number of carboxylic acids is 1. The molecule has 0 radical (unpaired) electrons. The Kier molecular flexibility index (Phi) is 4.33. The molecule has 0 aliphatic rings. The number of nitro benzene ring substituents is 1. The monoisotopic (exact) mass is 285 g/mol. The molecule has 1 atom stereocenters. The Morgan fingerprint density at radius 3 is 2.19 bits per heavy atom. The van der Waals surface area contributed by atoms with Gasteiger partial charge >= 0.3 is 5.97 Å². The summed E-state index contributed by atoms with van der Waals surface area (Å²) in [6.45, 7) is 1.94. The van der Waals surface area contributed by atoms with Crippen LogP contribution < -0.4 is 0 Å². The smallest absolute Gasteiger partial charge is 0.311 e. The van der Waals surface area contributed by atoms with Gasteiger partial charge in [-0.05, 0) is 24.5 Å². The highest BCUT2D eigenvalue weighted by Crippen LogP contribution is 2.23. The molecule has 5 heteroatoms. The molecule has 21 heavy (non-hydrogen) atoms. The maximum Gasteiger partial charge on any atom is 0.311 e. The summed E-state index contributed by atoms with van der Waals surface area (Å²) in [6.07, 6.45) is 0.302. The van der Waals surface area contributed by atoms with E-state index in [4.69, 9.17) is 0 Å². The van der Waals surface area contributed by atoms with Crippen molar-refractivity contribution in [1.29, 1.82) is 0 Å². The molecule has 1 unspecified atom stereocenters. The van der Waals surface area contributed by atoms with E-state index in [1.54, 1.807) is 24.3 Å². The van der Waals surface area contributed by atoms with Gasteiger partial charge in [-0.3, -0.25) is 14.9 Å². The highest BCUT2D eigenvalue weighted by atomic mass is 16.6. The topological polar surface area (TPSA) is 80.4 Å². The van der Waals surface area contributed by atoms with E-state index in [0.29, 0.717) is 6.42 Å². The van der Waals surface area contributed by atoms with Crippen LogP contribution in [-0.2, 0) is 11.2 Å². The average molecular weight is 285 g/mol. The largest absolute Gasteiger partial charge is 0.481 e. The fourth-order valence-corrected chi connectivity index (χ4v) is 2.14. The summed E-state index contributed by atoms with van der Waals surface area (Å²) in [7, 11) is 0. The maximum atomic E-state index is 11.5. The molecule has 2 aromatic carbocycles. The average Bonchev–Trinajstić information content (AvgIpc) is 2.46. The molecule has 0 spiro atoms. The Labute approximate surface area is 122 Å². The number of hydrogen-bond acceptors (Lipinski definition) is 3. The van der Waals surface area contributed by atoms with Crippen molar-refractivity contribution in [3.05, 3.63) is 75.3 Å². The zero-order valence-electron chi connectivity index (χ0n) is 11.5. The second-order valence-electron chi connectivity index (χ2n) is 4.93. The zero-order chi connectivity index (χ0) is 15.4. The standard InChI is InChI=1S/C16H15NO4/c1-11-2-6-13(7-3-11)15(16(18)19)10-12-4-8-14(9-5-12)17(20)21/h2-9,15H,10H2,1H3,(H,18,19). The molecule has 5 nitrogen and oxygen atoms in total. The van der Waals surface area contributed by atoms with Crippen molar-refractivity contribution in [1.82, 2.24) is 0 Å². The van der Waals surface area contributed by atoms with Crippen molar-refractivity contribution in [2.75, 3.05) is 0 Å². The van der Waals surface area contributed by atoms with Gasteiger partial charge in [0.05, 0.1) is 10.8 Å². The first kappa shape index (κ1) is 14.7. The molecule has 108 valence electrons. The predicted molar refractivity (Wildman–Crippen MR) is 78.4 cm³/mol. The molecule has 0 aromatic heterocycles. The van der Waals surface area contributed by atoms with Gasteiger partial charge in [0.1, 0.15) is 0 Å². The Morgan fingerprint density at radius 2 is 1.71 bits per heavy atom. The van der Waals surface area contributed by atoms with Crippen molar-refractivity contribution in [2.45, 2.75) is 19.3 Å². The molecule has 0 bridgehead atoms. The number of non-ortho nitro benzene ring substituents is 1. The first-order valence-corrected chi connectivity index (χ1v) is 6.50. The van der Waals surface area contributed by atoms with Gasteiger partial charge in [0.2, 0.25) is 0 Å². The van der Waals surface area contributed by atoms with Crippen molar-refractivity contribution in [3.63, 3.8) is 0 Å². The number of aryl methyl sites for hydroxylation is 1. The minimum atomic E-state index is -0.905. The Bertz CT molecular complexity index is 647.